The zero-order chi connectivity index (χ0) is 14.5. The topological polar surface area (TPSA) is 26.3 Å². The van der Waals surface area contributed by atoms with Gasteiger partial charge in [0.05, 0.1) is 6.61 Å². The van der Waals surface area contributed by atoms with Gasteiger partial charge in [0.25, 0.3) is 0 Å². The molecule has 2 aromatic rings. The molecule has 20 heavy (non-hydrogen) atoms. The number of carbonyl (C=O) groups is 1. The first-order valence-corrected chi connectivity index (χ1v) is 7.29. The quantitative estimate of drug-likeness (QED) is 0.755. The number of rotatable bonds is 5. The largest absolute Gasteiger partial charge is 0.369 e. The van der Waals surface area contributed by atoms with E-state index >= 15 is 0 Å². The van der Waals surface area contributed by atoms with Gasteiger partial charge in [-0.25, -0.2) is 0 Å². The first-order chi connectivity index (χ1) is 9.58. The zero-order valence-corrected chi connectivity index (χ0v) is 13.2. The molecule has 0 amide bonds. The summed E-state index contributed by atoms with van der Waals surface area (Å²) in [6.07, 6.45) is 0. The fourth-order valence-electron chi connectivity index (χ4n) is 1.87. The lowest BCUT2D eigenvalue weighted by molar-refractivity contribution is 0.0725. The van der Waals surface area contributed by atoms with E-state index in [1.807, 2.05) is 56.3 Å². The number of carbonyl (C=O) groups excluding carboxylic acids is 1. The van der Waals surface area contributed by atoms with Gasteiger partial charge >= 0.3 is 0 Å². The number of ether oxygens (including phenoxy) is 1. The Morgan fingerprint density at radius 1 is 1.10 bits per heavy atom. The Labute approximate surface area is 127 Å². The van der Waals surface area contributed by atoms with Crippen molar-refractivity contribution in [3.05, 3.63) is 69.2 Å². The predicted molar refractivity (Wildman–Crippen MR) is 84.0 cm³/mol. The van der Waals surface area contributed by atoms with Crippen LogP contribution in [-0.4, -0.2) is 12.4 Å². The molecule has 0 aliphatic carbocycles. The van der Waals surface area contributed by atoms with Crippen molar-refractivity contribution in [2.75, 3.05) is 6.61 Å². The van der Waals surface area contributed by atoms with Gasteiger partial charge < -0.3 is 4.74 Å². The summed E-state index contributed by atoms with van der Waals surface area (Å²) >= 11 is 3.46. The Balaban J connectivity index is 1.92. The van der Waals surface area contributed by atoms with Crippen molar-refractivity contribution in [2.24, 2.45) is 0 Å². The summed E-state index contributed by atoms with van der Waals surface area (Å²) in [6.45, 7) is 4.57. The third kappa shape index (κ3) is 3.78. The number of Topliss-reactive ketones (excluding diaryl/α,β-unsaturated/α-hetero) is 1. The smallest absolute Gasteiger partial charge is 0.188 e. The summed E-state index contributed by atoms with van der Waals surface area (Å²) in [4.78, 5) is 12.0. The lowest BCUT2D eigenvalue weighted by Gasteiger charge is -2.07. The van der Waals surface area contributed by atoms with E-state index in [0.717, 1.165) is 15.6 Å². The number of halogens is 1. The molecule has 104 valence electrons. The average Bonchev–Trinajstić information content (AvgIpc) is 2.44. The van der Waals surface area contributed by atoms with Gasteiger partial charge in [-0.1, -0.05) is 46.3 Å². The van der Waals surface area contributed by atoms with Crippen LogP contribution in [0, 0.1) is 13.8 Å². The van der Waals surface area contributed by atoms with Crippen LogP contribution < -0.4 is 0 Å². The summed E-state index contributed by atoms with van der Waals surface area (Å²) in [7, 11) is 0. The van der Waals surface area contributed by atoms with Gasteiger partial charge in [-0.3, -0.25) is 4.79 Å². The maximum Gasteiger partial charge on any atom is 0.188 e. The number of benzene rings is 2. The molecule has 0 spiro atoms. The van der Waals surface area contributed by atoms with Crippen LogP contribution in [0.1, 0.15) is 27.0 Å². The van der Waals surface area contributed by atoms with Crippen LogP contribution in [-0.2, 0) is 11.3 Å². The molecule has 0 aliphatic heterocycles. The minimum absolute atomic E-state index is 0.0140. The molecule has 2 nitrogen and oxygen atoms in total. The molecule has 0 aromatic heterocycles. The summed E-state index contributed by atoms with van der Waals surface area (Å²) in [5.41, 5.74) is 4.07. The second-order valence-corrected chi connectivity index (χ2v) is 5.66. The molecule has 3 heteroatoms. The Hall–Kier alpha value is -1.45. The zero-order valence-electron chi connectivity index (χ0n) is 11.7. The summed E-state index contributed by atoms with van der Waals surface area (Å²) < 4.78 is 6.51. The SMILES string of the molecule is Cc1ccc(C(=O)COCc2ccccc2Br)cc1C. The molecule has 0 saturated heterocycles. The van der Waals surface area contributed by atoms with Crippen molar-refractivity contribution in [2.45, 2.75) is 20.5 Å². The normalized spacial score (nSPS) is 10.6. The number of hydrogen-bond acceptors (Lipinski definition) is 2. The van der Waals surface area contributed by atoms with Crippen LogP contribution in [0.5, 0.6) is 0 Å². The van der Waals surface area contributed by atoms with Crippen molar-refractivity contribution in [1.82, 2.24) is 0 Å². The van der Waals surface area contributed by atoms with Crippen molar-refractivity contribution in [1.29, 1.82) is 0 Å². The molecule has 0 unspecified atom stereocenters. The highest BCUT2D eigenvalue weighted by atomic mass is 79.9. The summed E-state index contributed by atoms with van der Waals surface area (Å²) in [5.74, 6) is 0.0140. The van der Waals surface area contributed by atoms with Crippen LogP contribution in [0.2, 0.25) is 0 Å². The highest BCUT2D eigenvalue weighted by Gasteiger charge is 2.08. The molecule has 0 bridgehead atoms. The average molecular weight is 333 g/mol. The minimum Gasteiger partial charge on any atom is -0.369 e. The van der Waals surface area contributed by atoms with Gasteiger partial charge in [-0.15, -0.1) is 0 Å². The van der Waals surface area contributed by atoms with E-state index in [1.54, 1.807) is 0 Å². The van der Waals surface area contributed by atoms with E-state index in [9.17, 15) is 4.79 Å². The lowest BCUT2D eigenvalue weighted by Crippen LogP contribution is -2.09. The van der Waals surface area contributed by atoms with E-state index in [2.05, 4.69) is 15.9 Å². The molecule has 2 aromatic carbocycles. The lowest BCUT2D eigenvalue weighted by atomic mass is 10.0. The Morgan fingerprint density at radius 3 is 2.55 bits per heavy atom. The van der Waals surface area contributed by atoms with Gasteiger partial charge in [0.15, 0.2) is 5.78 Å². The van der Waals surface area contributed by atoms with Gasteiger partial charge in [0.2, 0.25) is 0 Å². The van der Waals surface area contributed by atoms with Crippen LogP contribution in [0.15, 0.2) is 46.9 Å². The molecular formula is C17H17BrO2. The van der Waals surface area contributed by atoms with Crippen LogP contribution in [0.3, 0.4) is 0 Å². The van der Waals surface area contributed by atoms with Gasteiger partial charge in [0.1, 0.15) is 6.61 Å². The minimum atomic E-state index is 0.0140. The van der Waals surface area contributed by atoms with E-state index < -0.39 is 0 Å². The van der Waals surface area contributed by atoms with Gasteiger partial charge in [-0.2, -0.15) is 0 Å². The monoisotopic (exact) mass is 332 g/mol. The number of ketones is 1. The molecule has 0 atom stereocenters. The first-order valence-electron chi connectivity index (χ1n) is 6.49. The molecule has 0 heterocycles. The van der Waals surface area contributed by atoms with Gasteiger partial charge in [-0.05, 0) is 42.7 Å². The van der Waals surface area contributed by atoms with E-state index in [-0.39, 0.29) is 12.4 Å². The Bertz CT molecular complexity index is 620. The molecular weight excluding hydrogens is 316 g/mol. The summed E-state index contributed by atoms with van der Waals surface area (Å²) in [6, 6.07) is 13.6. The fourth-order valence-corrected chi connectivity index (χ4v) is 2.27. The molecule has 0 radical (unpaired) electrons. The Morgan fingerprint density at radius 2 is 1.85 bits per heavy atom. The third-order valence-electron chi connectivity index (χ3n) is 3.28. The molecule has 2 rings (SSSR count). The highest BCUT2D eigenvalue weighted by Crippen LogP contribution is 2.17. The van der Waals surface area contributed by atoms with Crippen molar-refractivity contribution in [3.8, 4) is 0 Å². The molecule has 0 saturated carbocycles. The fraction of sp³-hybridized carbons (Fsp3) is 0.235. The van der Waals surface area contributed by atoms with Crippen LogP contribution in [0.25, 0.3) is 0 Å². The number of hydrogen-bond donors (Lipinski definition) is 0. The predicted octanol–water partition coefficient (Wildman–Crippen LogP) is 4.47. The van der Waals surface area contributed by atoms with Crippen LogP contribution in [0.4, 0.5) is 0 Å². The first kappa shape index (κ1) is 14.9. The van der Waals surface area contributed by atoms with Crippen LogP contribution >= 0.6 is 15.9 Å². The molecule has 0 aliphatic rings. The third-order valence-corrected chi connectivity index (χ3v) is 4.05. The van der Waals surface area contributed by atoms with E-state index in [0.29, 0.717) is 12.2 Å². The molecule has 0 N–H and O–H groups in total. The standard InChI is InChI=1S/C17H17BrO2/c1-12-7-8-14(9-13(12)2)17(19)11-20-10-15-5-3-4-6-16(15)18/h3-9H,10-11H2,1-2H3. The summed E-state index contributed by atoms with van der Waals surface area (Å²) in [5, 5.41) is 0. The second kappa shape index (κ2) is 6.82. The number of aryl methyl sites for hydroxylation is 2. The van der Waals surface area contributed by atoms with E-state index in [4.69, 9.17) is 4.74 Å². The van der Waals surface area contributed by atoms with Crippen molar-refractivity contribution in [3.63, 3.8) is 0 Å². The highest BCUT2D eigenvalue weighted by molar-refractivity contribution is 9.10. The molecule has 0 fully saturated rings. The van der Waals surface area contributed by atoms with Crippen molar-refractivity contribution < 1.29 is 9.53 Å². The van der Waals surface area contributed by atoms with E-state index in [1.165, 1.54) is 5.56 Å². The second-order valence-electron chi connectivity index (χ2n) is 4.81. The maximum atomic E-state index is 12.0. The Kier molecular flexibility index (Phi) is 5.10. The maximum absolute atomic E-state index is 12.0. The van der Waals surface area contributed by atoms with Crippen molar-refractivity contribution >= 4 is 21.7 Å². The van der Waals surface area contributed by atoms with Gasteiger partial charge in [0, 0.05) is 10.0 Å².